The molecule has 0 radical (unpaired) electrons. The number of nitrogens with one attached hydrogen (secondary N) is 1. The van der Waals surface area contributed by atoms with Crippen molar-refractivity contribution in [1.29, 1.82) is 0 Å². The third-order valence-corrected chi connectivity index (χ3v) is 5.66. The first-order chi connectivity index (χ1) is 13.6. The number of aromatic nitrogens is 2. The van der Waals surface area contributed by atoms with E-state index in [0.29, 0.717) is 15.7 Å². The van der Waals surface area contributed by atoms with Gasteiger partial charge in [0.25, 0.3) is 11.5 Å². The maximum atomic E-state index is 13.1. The molecule has 0 saturated carbocycles. The maximum Gasteiger partial charge on any atom is 0.271 e. The van der Waals surface area contributed by atoms with Gasteiger partial charge in [0.2, 0.25) is 0 Å². The van der Waals surface area contributed by atoms with E-state index in [2.05, 4.69) is 10.3 Å². The molecule has 1 unspecified atom stereocenters. The van der Waals surface area contributed by atoms with Crippen LogP contribution in [-0.4, -0.2) is 15.3 Å². The second-order valence-corrected chi connectivity index (χ2v) is 7.55. The average Bonchev–Trinajstić information content (AvgIpc) is 3.14. The van der Waals surface area contributed by atoms with Crippen molar-refractivity contribution in [2.45, 2.75) is 13.0 Å². The minimum atomic E-state index is -0.459. The number of thiazole rings is 1. The number of fused-ring (bicyclic) bond motifs is 1. The Bertz CT molecular complexity index is 1220. The molecule has 1 N–H and O–H groups in total. The van der Waals surface area contributed by atoms with E-state index in [4.69, 9.17) is 11.6 Å². The zero-order valence-electron chi connectivity index (χ0n) is 14.9. The lowest BCUT2D eigenvalue weighted by Gasteiger charge is -2.14. The number of carbonyl (C=O) groups excluding carboxylic acids is 1. The Hall–Kier alpha value is -2.96. The van der Waals surface area contributed by atoms with Crippen LogP contribution in [0.5, 0.6) is 0 Å². The zero-order valence-corrected chi connectivity index (χ0v) is 16.5. The summed E-state index contributed by atoms with van der Waals surface area (Å²) in [5.41, 5.74) is 1.87. The maximum absolute atomic E-state index is 13.1. The van der Waals surface area contributed by atoms with Gasteiger partial charge in [-0.1, -0.05) is 60.1 Å². The van der Waals surface area contributed by atoms with E-state index < -0.39 is 11.5 Å². The van der Waals surface area contributed by atoms with Crippen molar-refractivity contribution < 1.29 is 4.79 Å². The van der Waals surface area contributed by atoms with Crippen molar-refractivity contribution in [3.8, 4) is 11.3 Å². The van der Waals surface area contributed by atoms with Gasteiger partial charge in [-0.05, 0) is 18.6 Å². The predicted octanol–water partition coefficient (Wildman–Crippen LogP) is 4.57. The number of carbonyl (C=O) groups is 1. The van der Waals surface area contributed by atoms with Crippen LogP contribution in [0.4, 0.5) is 0 Å². The zero-order chi connectivity index (χ0) is 19.7. The summed E-state index contributed by atoms with van der Waals surface area (Å²) in [4.78, 5) is 30.6. The number of hydrogen-bond donors (Lipinski definition) is 1. The minimum absolute atomic E-state index is 0.00742. The average molecular weight is 410 g/mol. The summed E-state index contributed by atoms with van der Waals surface area (Å²) in [5.74, 6) is -0.459. The molecule has 1 amide bonds. The van der Waals surface area contributed by atoms with E-state index in [1.165, 1.54) is 21.9 Å². The standard InChI is InChI=1S/C21H16ClN3O2S/c1-13(14-7-3-2-4-8-14)24-19(26)16-11-23-21-25(20(16)27)18(12-28-21)15-9-5-6-10-17(15)22/h2-13H,1H3,(H,24,26). The summed E-state index contributed by atoms with van der Waals surface area (Å²) in [6, 6.07) is 16.6. The Kier molecular flexibility index (Phi) is 4.98. The number of nitrogens with zero attached hydrogens (tertiary/aromatic N) is 2. The summed E-state index contributed by atoms with van der Waals surface area (Å²) in [7, 11) is 0. The van der Waals surface area contributed by atoms with Crippen LogP contribution in [0.1, 0.15) is 28.9 Å². The van der Waals surface area contributed by atoms with E-state index in [1.54, 1.807) is 6.07 Å². The molecular formula is C21H16ClN3O2S. The van der Waals surface area contributed by atoms with E-state index in [9.17, 15) is 9.59 Å². The molecule has 1 atom stereocenters. The molecular weight excluding hydrogens is 394 g/mol. The van der Waals surface area contributed by atoms with Gasteiger partial charge in [-0.2, -0.15) is 0 Å². The predicted molar refractivity (Wildman–Crippen MR) is 112 cm³/mol. The molecule has 0 aliphatic rings. The highest BCUT2D eigenvalue weighted by molar-refractivity contribution is 7.15. The smallest absolute Gasteiger partial charge is 0.271 e. The third-order valence-electron chi connectivity index (χ3n) is 4.49. The van der Waals surface area contributed by atoms with Crippen molar-refractivity contribution in [2.24, 2.45) is 0 Å². The second-order valence-electron chi connectivity index (χ2n) is 6.30. The van der Waals surface area contributed by atoms with Crippen molar-refractivity contribution in [1.82, 2.24) is 14.7 Å². The van der Waals surface area contributed by atoms with Crippen LogP contribution in [0.25, 0.3) is 16.2 Å². The fourth-order valence-corrected chi connectivity index (χ4v) is 4.09. The monoisotopic (exact) mass is 409 g/mol. The summed E-state index contributed by atoms with van der Waals surface area (Å²) in [5, 5.41) is 5.21. The molecule has 5 nitrogen and oxygen atoms in total. The molecule has 0 bridgehead atoms. The summed E-state index contributed by atoms with van der Waals surface area (Å²) in [6.07, 6.45) is 1.33. The first kappa shape index (κ1) is 18.4. The Morgan fingerprint density at radius 2 is 1.86 bits per heavy atom. The summed E-state index contributed by atoms with van der Waals surface area (Å²) >= 11 is 7.62. The molecule has 7 heteroatoms. The van der Waals surface area contributed by atoms with Crippen LogP contribution in [-0.2, 0) is 0 Å². The van der Waals surface area contributed by atoms with Gasteiger partial charge in [0, 0.05) is 22.2 Å². The van der Waals surface area contributed by atoms with Gasteiger partial charge < -0.3 is 5.32 Å². The van der Waals surface area contributed by atoms with E-state index >= 15 is 0 Å². The fourth-order valence-electron chi connectivity index (χ4n) is 3.00. The minimum Gasteiger partial charge on any atom is -0.345 e. The molecule has 0 spiro atoms. The number of halogens is 1. The highest BCUT2D eigenvalue weighted by Gasteiger charge is 2.19. The number of amides is 1. The molecule has 0 aliphatic carbocycles. The molecule has 28 heavy (non-hydrogen) atoms. The fraction of sp³-hybridized carbons (Fsp3) is 0.0952. The molecule has 2 aromatic heterocycles. The normalized spacial score (nSPS) is 12.1. The SMILES string of the molecule is CC(NC(=O)c1cnc2scc(-c3ccccc3Cl)n2c1=O)c1ccccc1. The Labute approximate surface area is 170 Å². The van der Waals surface area contributed by atoms with Gasteiger partial charge in [0.1, 0.15) is 5.56 Å². The Morgan fingerprint density at radius 3 is 2.61 bits per heavy atom. The number of hydrogen-bond acceptors (Lipinski definition) is 4. The van der Waals surface area contributed by atoms with E-state index in [1.807, 2.05) is 60.8 Å². The highest BCUT2D eigenvalue weighted by Crippen LogP contribution is 2.29. The topological polar surface area (TPSA) is 63.5 Å². The molecule has 2 aromatic carbocycles. The van der Waals surface area contributed by atoms with Crippen LogP contribution in [0.15, 0.2) is 71.0 Å². The number of rotatable bonds is 4. The van der Waals surface area contributed by atoms with Crippen LogP contribution >= 0.6 is 22.9 Å². The first-order valence-electron chi connectivity index (χ1n) is 8.66. The molecule has 0 fully saturated rings. The highest BCUT2D eigenvalue weighted by atomic mass is 35.5. The van der Waals surface area contributed by atoms with Crippen molar-refractivity contribution in [2.75, 3.05) is 0 Å². The molecule has 0 aliphatic heterocycles. The van der Waals surface area contributed by atoms with Crippen molar-refractivity contribution in [3.63, 3.8) is 0 Å². The molecule has 4 rings (SSSR count). The third kappa shape index (κ3) is 3.32. The van der Waals surface area contributed by atoms with E-state index in [0.717, 1.165) is 11.1 Å². The first-order valence-corrected chi connectivity index (χ1v) is 9.92. The van der Waals surface area contributed by atoms with Gasteiger partial charge in [0.15, 0.2) is 4.96 Å². The van der Waals surface area contributed by atoms with Crippen molar-refractivity contribution in [3.05, 3.63) is 92.7 Å². The lowest BCUT2D eigenvalue weighted by molar-refractivity contribution is 0.0938. The van der Waals surface area contributed by atoms with Gasteiger partial charge in [-0.25, -0.2) is 4.98 Å². The molecule has 140 valence electrons. The van der Waals surface area contributed by atoms with Crippen LogP contribution in [0.2, 0.25) is 5.02 Å². The Morgan fingerprint density at radius 1 is 1.14 bits per heavy atom. The van der Waals surface area contributed by atoms with Gasteiger partial charge in [0.05, 0.1) is 11.7 Å². The molecule has 0 saturated heterocycles. The summed E-state index contributed by atoms with van der Waals surface area (Å²) < 4.78 is 1.44. The largest absolute Gasteiger partial charge is 0.345 e. The summed E-state index contributed by atoms with van der Waals surface area (Å²) in [6.45, 7) is 1.87. The van der Waals surface area contributed by atoms with Crippen molar-refractivity contribution >= 4 is 33.8 Å². The van der Waals surface area contributed by atoms with Gasteiger partial charge >= 0.3 is 0 Å². The van der Waals surface area contributed by atoms with Gasteiger partial charge in [-0.3, -0.25) is 14.0 Å². The second kappa shape index (κ2) is 7.58. The molecule has 2 heterocycles. The quantitative estimate of drug-likeness (QED) is 0.537. The lowest BCUT2D eigenvalue weighted by Crippen LogP contribution is -2.33. The van der Waals surface area contributed by atoms with Crippen LogP contribution < -0.4 is 10.9 Å². The molecule has 4 aromatic rings. The lowest BCUT2D eigenvalue weighted by atomic mass is 10.1. The van der Waals surface area contributed by atoms with Gasteiger partial charge in [-0.15, -0.1) is 11.3 Å². The Balaban J connectivity index is 1.74. The number of benzene rings is 2. The van der Waals surface area contributed by atoms with Crippen LogP contribution in [0.3, 0.4) is 0 Å². The van der Waals surface area contributed by atoms with Crippen LogP contribution in [0, 0.1) is 0 Å². The van der Waals surface area contributed by atoms with E-state index in [-0.39, 0.29) is 11.6 Å².